The predicted molar refractivity (Wildman–Crippen MR) is 121 cm³/mol. The number of carbonyl (C=O) groups is 1. The Morgan fingerprint density at radius 3 is 2.72 bits per heavy atom. The molecule has 0 N–H and O–H groups in total. The molecule has 1 amide bonds. The molecule has 0 spiro atoms. The van der Waals surface area contributed by atoms with Gasteiger partial charge in [-0.2, -0.15) is 0 Å². The van der Waals surface area contributed by atoms with Gasteiger partial charge in [-0.1, -0.05) is 36.4 Å². The molecule has 2 aliphatic heterocycles. The Hall–Kier alpha value is -3.38. The summed E-state index contributed by atoms with van der Waals surface area (Å²) in [4.78, 5) is 28.7. The molecule has 6 nitrogen and oxygen atoms in total. The number of amides is 1. The Labute approximate surface area is 186 Å². The van der Waals surface area contributed by atoms with E-state index in [1.54, 1.807) is 17.0 Å². The fraction of sp³-hybridized carbons (Fsp3) is 0.308. The Morgan fingerprint density at radius 1 is 1.19 bits per heavy atom. The van der Waals surface area contributed by atoms with E-state index < -0.39 is 6.04 Å². The van der Waals surface area contributed by atoms with Crippen LogP contribution in [0, 0.1) is 6.92 Å². The highest BCUT2D eigenvalue weighted by Crippen LogP contribution is 2.39. The normalized spacial score (nSPS) is 20.0. The van der Waals surface area contributed by atoms with Gasteiger partial charge >= 0.3 is 0 Å². The lowest BCUT2D eigenvalue weighted by atomic mass is 9.98. The maximum Gasteiger partial charge on any atom is 0.291 e. The number of hydrogen-bond acceptors (Lipinski definition) is 5. The number of aryl methyl sites for hydroxylation is 1. The van der Waals surface area contributed by atoms with Crippen molar-refractivity contribution in [1.29, 1.82) is 0 Å². The summed E-state index contributed by atoms with van der Waals surface area (Å²) in [7, 11) is 0. The summed E-state index contributed by atoms with van der Waals surface area (Å²) in [6.45, 7) is 7.11. The first-order valence-electron chi connectivity index (χ1n) is 10.9. The van der Waals surface area contributed by atoms with Gasteiger partial charge in [-0.3, -0.25) is 9.59 Å². The predicted octanol–water partition coefficient (Wildman–Crippen LogP) is 4.39. The van der Waals surface area contributed by atoms with Gasteiger partial charge in [0.25, 0.3) is 5.91 Å². The van der Waals surface area contributed by atoms with E-state index in [1.165, 1.54) is 0 Å². The summed E-state index contributed by atoms with van der Waals surface area (Å²) in [5.41, 5.74) is 2.46. The van der Waals surface area contributed by atoms with Gasteiger partial charge < -0.3 is 18.8 Å². The smallest absolute Gasteiger partial charge is 0.291 e. The van der Waals surface area contributed by atoms with Crippen LogP contribution < -0.4 is 10.2 Å². The number of carbonyl (C=O) groups excluding carboxylic acids is 1. The Balaban J connectivity index is 1.63. The van der Waals surface area contributed by atoms with E-state index in [4.69, 9.17) is 13.9 Å². The third-order valence-corrected chi connectivity index (χ3v) is 6.11. The molecule has 1 aromatic heterocycles. The first-order chi connectivity index (χ1) is 15.6. The summed E-state index contributed by atoms with van der Waals surface area (Å²) in [6.07, 6.45) is 3.50. The third kappa shape index (κ3) is 3.50. The zero-order valence-corrected chi connectivity index (χ0v) is 18.0. The molecule has 0 aliphatic carbocycles. The van der Waals surface area contributed by atoms with Gasteiger partial charge in [-0.25, -0.2) is 0 Å². The third-order valence-electron chi connectivity index (χ3n) is 6.11. The fourth-order valence-electron chi connectivity index (χ4n) is 4.58. The average Bonchev–Trinajstić information content (AvgIpc) is 3.41. The number of hydrogen-bond donors (Lipinski definition) is 0. The molecule has 2 aliphatic rings. The fourth-order valence-corrected chi connectivity index (χ4v) is 4.58. The second kappa shape index (κ2) is 8.28. The first kappa shape index (κ1) is 20.5. The summed E-state index contributed by atoms with van der Waals surface area (Å²) in [5, 5.41) is 0.492. The monoisotopic (exact) mass is 431 g/mol. The molecule has 1 saturated heterocycles. The Bertz CT molecular complexity index is 1240. The van der Waals surface area contributed by atoms with Crippen LogP contribution in [0.15, 0.2) is 64.3 Å². The number of benzene rings is 2. The van der Waals surface area contributed by atoms with Crippen molar-refractivity contribution in [2.75, 3.05) is 19.8 Å². The second-order valence-electron chi connectivity index (χ2n) is 8.34. The highest BCUT2D eigenvalue weighted by atomic mass is 16.5. The van der Waals surface area contributed by atoms with E-state index in [9.17, 15) is 9.59 Å². The lowest BCUT2D eigenvalue weighted by molar-refractivity contribution is 0.0486. The van der Waals surface area contributed by atoms with Crippen molar-refractivity contribution in [2.24, 2.45) is 0 Å². The molecule has 0 bridgehead atoms. The van der Waals surface area contributed by atoms with Crippen molar-refractivity contribution in [3.8, 4) is 5.75 Å². The van der Waals surface area contributed by atoms with Crippen molar-refractivity contribution in [3.05, 3.63) is 87.8 Å². The van der Waals surface area contributed by atoms with E-state index in [0.717, 1.165) is 24.0 Å². The maximum absolute atomic E-state index is 13.6. The standard InChI is InChI=1S/C26H25NO5/c1-3-12-30-18-9-7-17(8-10-18)23-22-24(28)20-14-16(2)6-11-21(20)32-25(22)26(29)27(23)15-19-5-4-13-31-19/h3,6-11,14,19,23H,1,4-5,12-13,15H2,2H3. The minimum atomic E-state index is -0.531. The van der Waals surface area contributed by atoms with Gasteiger partial charge in [-0.15, -0.1) is 0 Å². The van der Waals surface area contributed by atoms with E-state index in [2.05, 4.69) is 6.58 Å². The molecule has 0 radical (unpaired) electrons. The van der Waals surface area contributed by atoms with Crippen LogP contribution in [0.4, 0.5) is 0 Å². The zero-order chi connectivity index (χ0) is 22.2. The molecule has 164 valence electrons. The van der Waals surface area contributed by atoms with Crippen molar-refractivity contribution in [1.82, 2.24) is 4.90 Å². The minimum Gasteiger partial charge on any atom is -0.490 e. The molecule has 3 aromatic rings. The lowest BCUT2D eigenvalue weighted by Crippen LogP contribution is -2.36. The van der Waals surface area contributed by atoms with Crippen LogP contribution in [-0.4, -0.2) is 36.7 Å². The number of rotatable bonds is 6. The Morgan fingerprint density at radius 2 is 2.00 bits per heavy atom. The van der Waals surface area contributed by atoms with Gasteiger partial charge in [-0.05, 0) is 49.6 Å². The largest absolute Gasteiger partial charge is 0.490 e. The summed E-state index contributed by atoms with van der Waals surface area (Å²) in [5.74, 6) is 0.554. The van der Waals surface area contributed by atoms with Gasteiger partial charge in [0.2, 0.25) is 5.76 Å². The van der Waals surface area contributed by atoms with Gasteiger partial charge in [0.05, 0.1) is 23.1 Å². The molecular formula is C26H25NO5. The van der Waals surface area contributed by atoms with E-state index in [-0.39, 0.29) is 23.2 Å². The van der Waals surface area contributed by atoms with Crippen molar-refractivity contribution < 1.29 is 18.7 Å². The number of ether oxygens (including phenoxy) is 2. The van der Waals surface area contributed by atoms with Gasteiger partial charge in [0.15, 0.2) is 5.43 Å². The maximum atomic E-state index is 13.6. The lowest BCUT2D eigenvalue weighted by Gasteiger charge is -2.27. The number of nitrogens with zero attached hydrogens (tertiary/aromatic N) is 1. The van der Waals surface area contributed by atoms with E-state index >= 15 is 0 Å². The van der Waals surface area contributed by atoms with Crippen molar-refractivity contribution in [3.63, 3.8) is 0 Å². The van der Waals surface area contributed by atoms with Crippen LogP contribution in [0.5, 0.6) is 5.75 Å². The highest BCUT2D eigenvalue weighted by Gasteiger charge is 2.43. The van der Waals surface area contributed by atoms with Gasteiger partial charge in [0, 0.05) is 13.2 Å². The van der Waals surface area contributed by atoms with Crippen LogP contribution in [0.25, 0.3) is 11.0 Å². The topological polar surface area (TPSA) is 69.0 Å². The highest BCUT2D eigenvalue weighted by molar-refractivity contribution is 5.99. The molecule has 2 atom stereocenters. The SMILES string of the molecule is C=CCOc1ccc(C2c3c(oc4ccc(C)cc4c3=O)C(=O)N2CC2CCCO2)cc1. The van der Waals surface area contributed by atoms with Crippen LogP contribution in [0.3, 0.4) is 0 Å². The van der Waals surface area contributed by atoms with E-state index in [0.29, 0.717) is 42.0 Å². The molecule has 1 fully saturated rings. The summed E-state index contributed by atoms with van der Waals surface area (Å²) < 4.78 is 17.4. The molecule has 2 aromatic carbocycles. The summed E-state index contributed by atoms with van der Waals surface area (Å²) >= 11 is 0. The first-order valence-corrected chi connectivity index (χ1v) is 10.9. The molecular weight excluding hydrogens is 406 g/mol. The number of fused-ring (bicyclic) bond motifs is 2. The van der Waals surface area contributed by atoms with Crippen molar-refractivity contribution in [2.45, 2.75) is 31.9 Å². The van der Waals surface area contributed by atoms with Crippen LogP contribution in [0.2, 0.25) is 0 Å². The molecule has 2 unspecified atom stereocenters. The molecule has 5 rings (SSSR count). The van der Waals surface area contributed by atoms with E-state index in [1.807, 2.05) is 43.3 Å². The molecule has 32 heavy (non-hydrogen) atoms. The quantitative estimate of drug-likeness (QED) is 0.542. The molecule has 0 saturated carbocycles. The molecule has 3 heterocycles. The van der Waals surface area contributed by atoms with Crippen molar-refractivity contribution >= 4 is 16.9 Å². The summed E-state index contributed by atoms with van der Waals surface area (Å²) in [6, 6.07) is 12.4. The van der Waals surface area contributed by atoms with Gasteiger partial charge in [0.1, 0.15) is 17.9 Å². The average molecular weight is 431 g/mol. The van der Waals surface area contributed by atoms with Crippen LogP contribution >= 0.6 is 0 Å². The van der Waals surface area contributed by atoms with Crippen LogP contribution in [0.1, 0.15) is 46.1 Å². The molecule has 6 heteroatoms. The Kier molecular flexibility index (Phi) is 5.31. The van der Waals surface area contributed by atoms with Crippen LogP contribution in [-0.2, 0) is 4.74 Å². The minimum absolute atomic E-state index is 0.0438. The second-order valence-corrected chi connectivity index (χ2v) is 8.34. The zero-order valence-electron chi connectivity index (χ0n) is 18.0.